The molecule has 0 bridgehead atoms. The normalized spacial score (nSPS) is 12.2. The highest BCUT2D eigenvalue weighted by Crippen LogP contribution is 2.07. The third kappa shape index (κ3) is 2.30. The Balaban J connectivity index is 2.76. The monoisotopic (exact) mass is 218 g/mol. The van der Waals surface area contributed by atoms with Crippen molar-refractivity contribution in [1.82, 2.24) is 19.5 Å². The van der Waals surface area contributed by atoms with Gasteiger partial charge in [-0.2, -0.15) is 4.31 Å². The average Bonchev–Trinajstić information content (AvgIpc) is 2.67. The van der Waals surface area contributed by atoms with Gasteiger partial charge in [0.1, 0.15) is 6.33 Å². The lowest BCUT2D eigenvalue weighted by Gasteiger charge is -2.13. The lowest BCUT2D eigenvalue weighted by Crippen LogP contribution is -2.28. The minimum absolute atomic E-state index is 0.170. The second kappa shape index (κ2) is 4.52. The van der Waals surface area contributed by atoms with Gasteiger partial charge in [0.15, 0.2) is 0 Å². The van der Waals surface area contributed by atoms with Gasteiger partial charge >= 0.3 is 0 Å². The number of H-pyrrole nitrogens is 1. The summed E-state index contributed by atoms with van der Waals surface area (Å²) in [6.07, 6.45) is 3.04. The van der Waals surface area contributed by atoms with E-state index < -0.39 is 10.0 Å². The first-order valence-electron chi connectivity index (χ1n) is 4.41. The largest absolute Gasteiger partial charge is 0.282 e. The fraction of sp³-hybridized carbons (Fsp3) is 0.714. The molecule has 80 valence electrons. The molecule has 0 atom stereocenters. The van der Waals surface area contributed by atoms with E-state index in [1.165, 1.54) is 17.7 Å². The number of nitrogens with zero attached hydrogens (tertiary/aromatic N) is 3. The zero-order valence-corrected chi connectivity index (χ0v) is 9.08. The van der Waals surface area contributed by atoms with Crippen LogP contribution in [0.25, 0.3) is 0 Å². The minimum atomic E-state index is -3.49. The first-order valence-corrected chi connectivity index (χ1v) is 5.85. The van der Waals surface area contributed by atoms with Crippen LogP contribution in [0.2, 0.25) is 0 Å². The first kappa shape index (κ1) is 11.1. The van der Waals surface area contributed by atoms with Crippen LogP contribution in [0.1, 0.15) is 19.8 Å². The van der Waals surface area contributed by atoms with Crippen molar-refractivity contribution in [2.75, 3.05) is 13.6 Å². The van der Waals surface area contributed by atoms with Crippen molar-refractivity contribution >= 4 is 10.0 Å². The van der Waals surface area contributed by atoms with Crippen molar-refractivity contribution in [3.05, 3.63) is 6.33 Å². The number of aromatic amines is 1. The predicted octanol–water partition coefficient (Wildman–Crippen LogP) is 0.225. The fourth-order valence-electron chi connectivity index (χ4n) is 0.962. The van der Waals surface area contributed by atoms with Gasteiger partial charge in [0, 0.05) is 13.6 Å². The second-order valence-electron chi connectivity index (χ2n) is 2.96. The maximum absolute atomic E-state index is 11.7. The summed E-state index contributed by atoms with van der Waals surface area (Å²) in [5.41, 5.74) is 0. The lowest BCUT2D eigenvalue weighted by molar-refractivity contribution is 0.454. The van der Waals surface area contributed by atoms with E-state index in [0.717, 1.165) is 12.8 Å². The van der Waals surface area contributed by atoms with Crippen molar-refractivity contribution in [2.24, 2.45) is 0 Å². The summed E-state index contributed by atoms with van der Waals surface area (Å²) in [5, 5.41) is 5.76. The van der Waals surface area contributed by atoms with Gasteiger partial charge in [-0.3, -0.25) is 5.10 Å². The Hall–Kier alpha value is -0.950. The van der Waals surface area contributed by atoms with E-state index in [-0.39, 0.29) is 5.16 Å². The number of sulfonamides is 1. The number of unbranched alkanes of at least 4 members (excludes halogenated alkanes) is 1. The molecule has 0 spiro atoms. The van der Waals surface area contributed by atoms with Crippen molar-refractivity contribution in [1.29, 1.82) is 0 Å². The molecule has 1 aromatic rings. The van der Waals surface area contributed by atoms with Crippen LogP contribution in [0, 0.1) is 0 Å². The molecule has 6 nitrogen and oxygen atoms in total. The van der Waals surface area contributed by atoms with Crippen LogP contribution in [-0.4, -0.2) is 41.5 Å². The molecule has 0 unspecified atom stereocenters. The van der Waals surface area contributed by atoms with E-state index in [4.69, 9.17) is 0 Å². The van der Waals surface area contributed by atoms with Crippen molar-refractivity contribution in [3.63, 3.8) is 0 Å². The Morgan fingerprint density at radius 3 is 2.79 bits per heavy atom. The summed E-state index contributed by atoms with van der Waals surface area (Å²) in [4.78, 5) is 3.62. The molecule has 0 aliphatic heterocycles. The summed E-state index contributed by atoms with van der Waals surface area (Å²) < 4.78 is 24.6. The van der Waals surface area contributed by atoms with Crippen LogP contribution >= 0.6 is 0 Å². The minimum Gasteiger partial charge on any atom is -0.265 e. The van der Waals surface area contributed by atoms with Gasteiger partial charge in [-0.25, -0.2) is 13.4 Å². The number of hydrogen-bond acceptors (Lipinski definition) is 4. The van der Waals surface area contributed by atoms with Gasteiger partial charge < -0.3 is 0 Å². The summed E-state index contributed by atoms with van der Waals surface area (Å²) >= 11 is 0. The summed E-state index contributed by atoms with van der Waals surface area (Å²) in [7, 11) is -1.96. The predicted molar refractivity (Wildman–Crippen MR) is 51.1 cm³/mol. The highest BCUT2D eigenvalue weighted by Gasteiger charge is 2.23. The van der Waals surface area contributed by atoms with Gasteiger partial charge in [0.25, 0.3) is 15.2 Å². The SMILES string of the molecule is CCCCN(C)S(=O)(=O)c1nc[nH]n1. The highest BCUT2D eigenvalue weighted by molar-refractivity contribution is 7.88. The Bertz CT molecular complexity index is 359. The summed E-state index contributed by atoms with van der Waals surface area (Å²) in [5.74, 6) is 0. The number of hydrogen-bond donors (Lipinski definition) is 1. The summed E-state index contributed by atoms with van der Waals surface area (Å²) in [6.45, 7) is 2.50. The molecule has 1 heterocycles. The summed E-state index contributed by atoms with van der Waals surface area (Å²) in [6, 6.07) is 0. The number of rotatable bonds is 5. The van der Waals surface area contributed by atoms with Crippen molar-refractivity contribution < 1.29 is 8.42 Å². The molecule has 1 rings (SSSR count). The Kier molecular flexibility index (Phi) is 3.59. The smallest absolute Gasteiger partial charge is 0.265 e. The topological polar surface area (TPSA) is 79.0 Å². The van der Waals surface area contributed by atoms with Crippen LogP contribution in [0.3, 0.4) is 0 Å². The van der Waals surface area contributed by atoms with Crippen LogP contribution < -0.4 is 0 Å². The Morgan fingerprint density at radius 2 is 2.29 bits per heavy atom. The van der Waals surface area contributed by atoms with Gasteiger partial charge in [-0.05, 0) is 6.42 Å². The maximum Gasteiger partial charge on any atom is 0.282 e. The van der Waals surface area contributed by atoms with E-state index in [9.17, 15) is 8.42 Å². The van der Waals surface area contributed by atoms with Crippen LogP contribution in [0.5, 0.6) is 0 Å². The molecule has 0 aromatic carbocycles. The third-order valence-corrected chi connectivity index (χ3v) is 3.52. The maximum atomic E-state index is 11.7. The molecular weight excluding hydrogens is 204 g/mol. The van der Waals surface area contributed by atoms with Crippen LogP contribution in [-0.2, 0) is 10.0 Å². The first-order chi connectivity index (χ1) is 6.59. The third-order valence-electron chi connectivity index (χ3n) is 1.86. The molecule has 1 aromatic heterocycles. The fourth-order valence-corrected chi connectivity index (χ4v) is 1.96. The molecular formula is C7H14N4O2S. The van der Waals surface area contributed by atoms with E-state index in [2.05, 4.69) is 15.2 Å². The van der Waals surface area contributed by atoms with Gasteiger partial charge in [-0.15, -0.1) is 5.10 Å². The lowest BCUT2D eigenvalue weighted by atomic mass is 10.3. The van der Waals surface area contributed by atoms with E-state index in [1.54, 1.807) is 0 Å². The molecule has 0 aliphatic rings. The molecule has 0 radical (unpaired) electrons. The van der Waals surface area contributed by atoms with Gasteiger partial charge in [0.2, 0.25) is 0 Å². The molecule has 14 heavy (non-hydrogen) atoms. The zero-order valence-electron chi connectivity index (χ0n) is 8.27. The van der Waals surface area contributed by atoms with E-state index in [0.29, 0.717) is 6.54 Å². The highest BCUT2D eigenvalue weighted by atomic mass is 32.2. The van der Waals surface area contributed by atoms with Gasteiger partial charge in [-0.1, -0.05) is 13.3 Å². The molecule has 0 amide bonds. The standard InChI is InChI=1S/C7H14N4O2S/c1-3-4-5-11(2)14(12,13)7-8-6-9-10-7/h6H,3-5H2,1-2H3,(H,8,9,10). The van der Waals surface area contributed by atoms with E-state index in [1.807, 2.05) is 6.92 Å². The van der Waals surface area contributed by atoms with Crippen molar-refractivity contribution in [3.8, 4) is 0 Å². The molecule has 0 aliphatic carbocycles. The molecule has 1 N–H and O–H groups in total. The molecule has 7 heteroatoms. The van der Waals surface area contributed by atoms with Gasteiger partial charge in [0.05, 0.1) is 0 Å². The quantitative estimate of drug-likeness (QED) is 0.767. The van der Waals surface area contributed by atoms with Crippen LogP contribution in [0.4, 0.5) is 0 Å². The van der Waals surface area contributed by atoms with Crippen LogP contribution in [0.15, 0.2) is 11.5 Å². The second-order valence-corrected chi connectivity index (χ2v) is 4.90. The number of aromatic nitrogens is 3. The molecule has 0 saturated carbocycles. The average molecular weight is 218 g/mol. The number of nitrogens with one attached hydrogen (secondary N) is 1. The molecule has 0 saturated heterocycles. The Morgan fingerprint density at radius 1 is 1.57 bits per heavy atom. The Labute approximate surface area is 83.4 Å². The van der Waals surface area contributed by atoms with E-state index >= 15 is 0 Å². The van der Waals surface area contributed by atoms with Crippen molar-refractivity contribution in [2.45, 2.75) is 24.9 Å². The molecule has 0 fully saturated rings. The zero-order chi connectivity index (χ0) is 10.6.